The Hall–Kier alpha value is -1.84. The zero-order valence-corrected chi connectivity index (χ0v) is 11.5. The SMILES string of the molecule is CCOc1nc(NN)nc(N2CCCC(C(F)(F)F)C2)n1. The van der Waals surface area contributed by atoms with Crippen molar-refractivity contribution in [2.24, 2.45) is 11.8 Å². The van der Waals surface area contributed by atoms with Crippen LogP contribution in [0.1, 0.15) is 19.8 Å². The fraction of sp³-hybridized carbons (Fsp3) is 0.727. The van der Waals surface area contributed by atoms with Crippen LogP contribution in [0.3, 0.4) is 0 Å². The molecule has 0 radical (unpaired) electrons. The van der Waals surface area contributed by atoms with Gasteiger partial charge in [-0.3, -0.25) is 5.43 Å². The Labute approximate surface area is 119 Å². The molecule has 10 heteroatoms. The minimum atomic E-state index is -4.22. The number of anilines is 2. The van der Waals surface area contributed by atoms with Gasteiger partial charge in [0.15, 0.2) is 0 Å². The Kier molecular flexibility index (Phi) is 4.66. The van der Waals surface area contributed by atoms with E-state index in [9.17, 15) is 13.2 Å². The van der Waals surface area contributed by atoms with E-state index < -0.39 is 12.1 Å². The van der Waals surface area contributed by atoms with Crippen molar-refractivity contribution >= 4 is 11.9 Å². The van der Waals surface area contributed by atoms with Gasteiger partial charge in [0.1, 0.15) is 0 Å². The fourth-order valence-corrected chi connectivity index (χ4v) is 2.17. The van der Waals surface area contributed by atoms with Crippen LogP contribution in [0.5, 0.6) is 6.01 Å². The van der Waals surface area contributed by atoms with E-state index >= 15 is 0 Å². The van der Waals surface area contributed by atoms with Crippen LogP contribution in [0.25, 0.3) is 0 Å². The Balaban J connectivity index is 2.21. The minimum absolute atomic E-state index is 0.0320. The predicted molar refractivity (Wildman–Crippen MR) is 69.8 cm³/mol. The lowest BCUT2D eigenvalue weighted by Crippen LogP contribution is -2.42. The molecule has 21 heavy (non-hydrogen) atoms. The van der Waals surface area contributed by atoms with E-state index in [4.69, 9.17) is 10.6 Å². The first-order valence-corrected chi connectivity index (χ1v) is 6.61. The molecular weight excluding hydrogens is 289 g/mol. The topological polar surface area (TPSA) is 89.2 Å². The molecule has 2 heterocycles. The van der Waals surface area contributed by atoms with Crippen molar-refractivity contribution < 1.29 is 17.9 Å². The summed E-state index contributed by atoms with van der Waals surface area (Å²) in [5.74, 6) is 4.06. The molecule has 1 aromatic rings. The molecule has 0 bridgehead atoms. The Morgan fingerprint density at radius 2 is 2.14 bits per heavy atom. The highest BCUT2D eigenvalue weighted by atomic mass is 19.4. The number of rotatable bonds is 4. The molecule has 0 spiro atoms. The number of hydrogen-bond donors (Lipinski definition) is 2. The van der Waals surface area contributed by atoms with E-state index in [1.54, 1.807) is 6.92 Å². The second-order valence-corrected chi connectivity index (χ2v) is 4.65. The van der Waals surface area contributed by atoms with Gasteiger partial charge in [0.2, 0.25) is 11.9 Å². The molecule has 0 amide bonds. The number of ether oxygens (including phenoxy) is 1. The van der Waals surface area contributed by atoms with Crippen LogP contribution in [0.4, 0.5) is 25.1 Å². The molecule has 1 atom stereocenters. The summed E-state index contributed by atoms with van der Waals surface area (Å²) >= 11 is 0. The van der Waals surface area contributed by atoms with Crippen molar-refractivity contribution in [3.63, 3.8) is 0 Å². The van der Waals surface area contributed by atoms with Crippen molar-refractivity contribution in [3.05, 3.63) is 0 Å². The van der Waals surface area contributed by atoms with Crippen LogP contribution in [-0.4, -0.2) is 40.8 Å². The molecular formula is C11H17F3N6O. The molecule has 3 N–H and O–H groups in total. The number of piperidine rings is 1. The van der Waals surface area contributed by atoms with Crippen LogP contribution < -0.4 is 20.9 Å². The highest BCUT2D eigenvalue weighted by molar-refractivity contribution is 5.38. The van der Waals surface area contributed by atoms with Crippen LogP contribution in [-0.2, 0) is 0 Å². The second kappa shape index (κ2) is 6.29. The number of nitrogens with zero attached hydrogens (tertiary/aromatic N) is 4. The zero-order chi connectivity index (χ0) is 15.5. The maximum Gasteiger partial charge on any atom is 0.393 e. The van der Waals surface area contributed by atoms with E-state index in [1.165, 1.54) is 4.90 Å². The summed E-state index contributed by atoms with van der Waals surface area (Å²) in [5.41, 5.74) is 2.26. The largest absolute Gasteiger partial charge is 0.464 e. The summed E-state index contributed by atoms with van der Waals surface area (Å²) in [6, 6.07) is 0.0320. The highest BCUT2D eigenvalue weighted by Gasteiger charge is 2.42. The van der Waals surface area contributed by atoms with Crippen LogP contribution in [0.2, 0.25) is 0 Å². The molecule has 1 aromatic heterocycles. The Bertz CT molecular complexity index is 484. The molecule has 1 fully saturated rings. The normalized spacial score (nSPS) is 19.5. The van der Waals surface area contributed by atoms with Crippen molar-refractivity contribution in [1.82, 2.24) is 15.0 Å². The number of nitrogens with two attached hydrogens (primary N) is 1. The standard InChI is InChI=1S/C11H17F3N6O/c1-2-21-10-17-8(19-15)16-9(18-10)20-5-3-4-7(6-20)11(12,13)14/h7H,2-6,15H2,1H3,(H,16,17,18,19). The van der Waals surface area contributed by atoms with Gasteiger partial charge in [0.25, 0.3) is 0 Å². The maximum atomic E-state index is 12.8. The van der Waals surface area contributed by atoms with Gasteiger partial charge >= 0.3 is 12.2 Å². The predicted octanol–water partition coefficient (Wildman–Crippen LogP) is 1.33. The van der Waals surface area contributed by atoms with Crippen molar-refractivity contribution in [1.29, 1.82) is 0 Å². The molecule has 1 saturated heterocycles. The summed E-state index contributed by atoms with van der Waals surface area (Å²) in [5, 5.41) is 0. The summed E-state index contributed by atoms with van der Waals surface area (Å²) in [7, 11) is 0. The van der Waals surface area contributed by atoms with Gasteiger partial charge in [-0.2, -0.15) is 28.1 Å². The van der Waals surface area contributed by atoms with E-state index in [1.807, 2.05) is 0 Å². The monoisotopic (exact) mass is 306 g/mol. The number of nitrogens with one attached hydrogen (secondary N) is 1. The molecule has 1 aliphatic rings. The van der Waals surface area contributed by atoms with E-state index in [-0.39, 0.29) is 30.9 Å². The lowest BCUT2D eigenvalue weighted by Gasteiger charge is -2.33. The summed E-state index contributed by atoms with van der Waals surface area (Å²) in [4.78, 5) is 13.4. The number of hydrogen-bond acceptors (Lipinski definition) is 7. The summed E-state index contributed by atoms with van der Waals surface area (Å²) < 4.78 is 43.7. The van der Waals surface area contributed by atoms with Crippen molar-refractivity contribution in [2.75, 3.05) is 30.0 Å². The van der Waals surface area contributed by atoms with Gasteiger partial charge in [-0.05, 0) is 19.8 Å². The quantitative estimate of drug-likeness (QED) is 0.641. The third-order valence-corrected chi connectivity index (χ3v) is 3.17. The molecule has 0 aliphatic carbocycles. The summed E-state index contributed by atoms with van der Waals surface area (Å²) in [6.45, 7) is 2.35. The second-order valence-electron chi connectivity index (χ2n) is 4.65. The van der Waals surface area contributed by atoms with Crippen LogP contribution >= 0.6 is 0 Å². The number of nitrogen functional groups attached to an aromatic ring is 1. The molecule has 1 unspecified atom stereocenters. The Morgan fingerprint density at radius 3 is 2.76 bits per heavy atom. The van der Waals surface area contributed by atoms with Gasteiger partial charge in [-0.25, -0.2) is 5.84 Å². The lowest BCUT2D eigenvalue weighted by molar-refractivity contribution is -0.176. The third-order valence-electron chi connectivity index (χ3n) is 3.17. The van der Waals surface area contributed by atoms with Gasteiger partial charge in [-0.1, -0.05) is 0 Å². The molecule has 1 aliphatic heterocycles. The number of alkyl halides is 3. The maximum absolute atomic E-state index is 12.8. The average molecular weight is 306 g/mol. The number of halogens is 3. The van der Waals surface area contributed by atoms with Crippen molar-refractivity contribution in [3.8, 4) is 6.01 Å². The van der Waals surface area contributed by atoms with Crippen LogP contribution in [0, 0.1) is 5.92 Å². The van der Waals surface area contributed by atoms with E-state index in [0.717, 1.165) is 0 Å². The smallest absolute Gasteiger partial charge is 0.393 e. The van der Waals surface area contributed by atoms with Gasteiger partial charge in [0, 0.05) is 13.1 Å². The molecule has 0 aromatic carbocycles. The van der Waals surface area contributed by atoms with E-state index in [2.05, 4.69) is 20.4 Å². The van der Waals surface area contributed by atoms with Gasteiger partial charge < -0.3 is 9.64 Å². The molecule has 0 saturated carbocycles. The van der Waals surface area contributed by atoms with Gasteiger partial charge in [-0.15, -0.1) is 0 Å². The van der Waals surface area contributed by atoms with Gasteiger partial charge in [0.05, 0.1) is 12.5 Å². The number of hydrazine groups is 1. The molecule has 118 valence electrons. The average Bonchev–Trinajstić information content (AvgIpc) is 2.46. The first-order valence-electron chi connectivity index (χ1n) is 6.61. The lowest BCUT2D eigenvalue weighted by atomic mass is 9.98. The summed E-state index contributed by atoms with van der Waals surface area (Å²) in [6.07, 6.45) is -3.68. The van der Waals surface area contributed by atoms with Crippen molar-refractivity contribution in [2.45, 2.75) is 25.9 Å². The third kappa shape index (κ3) is 3.84. The first-order chi connectivity index (χ1) is 9.94. The number of aromatic nitrogens is 3. The molecule has 7 nitrogen and oxygen atoms in total. The zero-order valence-electron chi connectivity index (χ0n) is 11.5. The van der Waals surface area contributed by atoms with E-state index in [0.29, 0.717) is 19.6 Å². The Morgan fingerprint density at radius 1 is 1.38 bits per heavy atom. The highest BCUT2D eigenvalue weighted by Crippen LogP contribution is 2.34. The first kappa shape index (κ1) is 15.5. The minimum Gasteiger partial charge on any atom is -0.464 e. The molecule has 2 rings (SSSR count). The fourth-order valence-electron chi connectivity index (χ4n) is 2.17. The van der Waals surface area contributed by atoms with Crippen LogP contribution in [0.15, 0.2) is 0 Å².